The number of nitrogen functional groups attached to an aromatic ring is 1. The lowest BCUT2D eigenvalue weighted by molar-refractivity contribution is 0.0240. The normalized spacial score (nSPS) is 16.2. The number of hydrogen-bond donors (Lipinski definition) is 1. The predicted octanol–water partition coefficient (Wildman–Crippen LogP) is 1.73. The van der Waals surface area contributed by atoms with E-state index in [1.165, 1.54) is 6.07 Å². The van der Waals surface area contributed by atoms with Crippen LogP contribution in [0.1, 0.15) is 20.8 Å². The molecule has 0 aromatic heterocycles. The van der Waals surface area contributed by atoms with Gasteiger partial charge in [-0.1, -0.05) is 0 Å². The van der Waals surface area contributed by atoms with Gasteiger partial charge in [0.1, 0.15) is 5.60 Å². The van der Waals surface area contributed by atoms with E-state index in [-0.39, 0.29) is 16.7 Å². The second kappa shape index (κ2) is 6.51. The van der Waals surface area contributed by atoms with Crippen molar-refractivity contribution in [2.75, 3.05) is 43.1 Å². The molecule has 0 spiro atoms. The van der Waals surface area contributed by atoms with Gasteiger partial charge in [-0.15, -0.1) is 0 Å². The molecular formula is C16H25N3O4S. The zero-order valence-electron chi connectivity index (χ0n) is 14.6. The van der Waals surface area contributed by atoms with Crippen molar-refractivity contribution >= 4 is 27.3 Å². The first-order valence-corrected chi connectivity index (χ1v) is 9.69. The minimum Gasteiger partial charge on any atom is -0.444 e. The van der Waals surface area contributed by atoms with Crippen molar-refractivity contribution in [2.45, 2.75) is 31.3 Å². The molecule has 134 valence electrons. The Bertz CT molecular complexity index is 717. The molecule has 1 fully saturated rings. The SMILES string of the molecule is CC(C)(C)OC(=O)N1CCN(c2ccc(S(C)(=O)=O)c(N)c2)CC1. The van der Waals surface area contributed by atoms with Gasteiger partial charge >= 0.3 is 6.09 Å². The van der Waals surface area contributed by atoms with Crippen LogP contribution >= 0.6 is 0 Å². The number of nitrogens with zero attached hydrogens (tertiary/aromatic N) is 2. The molecule has 0 saturated carbocycles. The van der Waals surface area contributed by atoms with Crippen LogP contribution in [0, 0.1) is 0 Å². The summed E-state index contributed by atoms with van der Waals surface area (Å²) in [6.45, 7) is 7.88. The van der Waals surface area contributed by atoms with Crippen LogP contribution in [0.4, 0.5) is 16.2 Å². The maximum Gasteiger partial charge on any atom is 0.410 e. The van der Waals surface area contributed by atoms with Gasteiger partial charge in [-0.05, 0) is 39.0 Å². The van der Waals surface area contributed by atoms with Crippen molar-refractivity contribution in [3.8, 4) is 0 Å². The molecule has 1 aromatic rings. The molecule has 0 unspecified atom stereocenters. The van der Waals surface area contributed by atoms with E-state index in [0.717, 1.165) is 11.9 Å². The fourth-order valence-electron chi connectivity index (χ4n) is 2.54. The number of benzene rings is 1. The Morgan fingerprint density at radius 2 is 1.75 bits per heavy atom. The number of anilines is 2. The largest absolute Gasteiger partial charge is 0.444 e. The number of hydrogen-bond acceptors (Lipinski definition) is 6. The molecular weight excluding hydrogens is 330 g/mol. The van der Waals surface area contributed by atoms with Gasteiger partial charge in [0.05, 0.1) is 10.6 Å². The molecule has 0 bridgehead atoms. The van der Waals surface area contributed by atoms with Gasteiger partial charge in [-0.2, -0.15) is 0 Å². The van der Waals surface area contributed by atoms with Gasteiger partial charge in [-0.3, -0.25) is 0 Å². The Kier molecular flexibility index (Phi) is 4.98. The van der Waals surface area contributed by atoms with Crippen molar-refractivity contribution in [1.82, 2.24) is 4.90 Å². The molecule has 7 nitrogen and oxygen atoms in total. The van der Waals surface area contributed by atoms with E-state index in [1.807, 2.05) is 20.8 Å². The lowest BCUT2D eigenvalue weighted by atomic mass is 10.2. The summed E-state index contributed by atoms with van der Waals surface area (Å²) in [5, 5.41) is 0. The average molecular weight is 355 g/mol. The number of amides is 1. The lowest BCUT2D eigenvalue weighted by Gasteiger charge is -2.36. The Labute approximate surface area is 143 Å². The van der Waals surface area contributed by atoms with Crippen LogP contribution in [0.3, 0.4) is 0 Å². The first-order valence-electron chi connectivity index (χ1n) is 7.80. The molecule has 1 aliphatic rings. The average Bonchev–Trinajstić information content (AvgIpc) is 2.44. The van der Waals surface area contributed by atoms with E-state index in [9.17, 15) is 13.2 Å². The van der Waals surface area contributed by atoms with Gasteiger partial charge < -0.3 is 20.3 Å². The minimum atomic E-state index is -3.33. The van der Waals surface area contributed by atoms with Gasteiger partial charge in [-0.25, -0.2) is 13.2 Å². The molecule has 0 atom stereocenters. The van der Waals surface area contributed by atoms with Crippen molar-refractivity contribution < 1.29 is 17.9 Å². The van der Waals surface area contributed by atoms with Crippen LogP contribution in [0.5, 0.6) is 0 Å². The zero-order valence-corrected chi connectivity index (χ0v) is 15.4. The summed E-state index contributed by atoms with van der Waals surface area (Å²) >= 11 is 0. The van der Waals surface area contributed by atoms with E-state index >= 15 is 0 Å². The first kappa shape index (κ1) is 18.4. The summed E-state index contributed by atoms with van der Waals surface area (Å²) in [4.78, 5) is 16.0. The smallest absolute Gasteiger partial charge is 0.410 e. The van der Waals surface area contributed by atoms with Crippen molar-refractivity contribution in [3.63, 3.8) is 0 Å². The maximum atomic E-state index is 12.1. The fourth-order valence-corrected chi connectivity index (χ4v) is 3.35. The fraction of sp³-hybridized carbons (Fsp3) is 0.562. The molecule has 2 N–H and O–H groups in total. The number of nitrogens with two attached hydrogens (primary N) is 1. The van der Waals surface area contributed by atoms with Crippen LogP contribution in [0.15, 0.2) is 23.1 Å². The van der Waals surface area contributed by atoms with Crippen LogP contribution < -0.4 is 10.6 Å². The maximum absolute atomic E-state index is 12.1. The summed E-state index contributed by atoms with van der Waals surface area (Å²) in [6, 6.07) is 4.94. The Morgan fingerprint density at radius 1 is 1.17 bits per heavy atom. The van der Waals surface area contributed by atoms with Crippen LogP contribution in [-0.4, -0.2) is 57.4 Å². The van der Waals surface area contributed by atoms with Gasteiger partial charge in [0.2, 0.25) is 0 Å². The standard InChI is InChI=1S/C16H25N3O4S/c1-16(2,3)23-15(20)19-9-7-18(8-10-19)12-5-6-14(13(17)11-12)24(4,21)22/h5-6,11H,7-10,17H2,1-4H3. The zero-order chi connectivity index (χ0) is 18.1. The number of ether oxygens (including phenoxy) is 1. The highest BCUT2D eigenvalue weighted by Gasteiger charge is 2.26. The highest BCUT2D eigenvalue weighted by Crippen LogP contribution is 2.26. The van der Waals surface area contributed by atoms with Gasteiger partial charge in [0, 0.05) is 38.1 Å². The number of sulfone groups is 1. The number of carbonyl (C=O) groups excluding carboxylic acids is 1. The monoisotopic (exact) mass is 355 g/mol. The van der Waals surface area contributed by atoms with Crippen molar-refractivity contribution in [3.05, 3.63) is 18.2 Å². The molecule has 24 heavy (non-hydrogen) atoms. The number of carbonyl (C=O) groups is 1. The lowest BCUT2D eigenvalue weighted by Crippen LogP contribution is -2.50. The summed E-state index contributed by atoms with van der Waals surface area (Å²) in [6.07, 6.45) is 0.826. The predicted molar refractivity (Wildman–Crippen MR) is 94.0 cm³/mol. The summed E-state index contributed by atoms with van der Waals surface area (Å²) in [5.74, 6) is 0. The highest BCUT2D eigenvalue weighted by atomic mass is 32.2. The molecule has 0 aliphatic carbocycles. The van der Waals surface area contributed by atoms with E-state index in [0.29, 0.717) is 26.2 Å². The molecule has 1 heterocycles. The Hall–Kier alpha value is -1.96. The Balaban J connectivity index is 2.03. The molecule has 1 aliphatic heterocycles. The molecule has 1 saturated heterocycles. The van der Waals surface area contributed by atoms with Gasteiger partial charge in [0.15, 0.2) is 9.84 Å². The van der Waals surface area contributed by atoms with Crippen molar-refractivity contribution in [1.29, 1.82) is 0 Å². The quantitative estimate of drug-likeness (QED) is 0.812. The second-order valence-electron chi connectivity index (χ2n) is 6.95. The molecule has 0 radical (unpaired) electrons. The topological polar surface area (TPSA) is 92.9 Å². The van der Waals surface area contributed by atoms with Crippen molar-refractivity contribution in [2.24, 2.45) is 0 Å². The first-order chi connectivity index (χ1) is 11.0. The summed E-state index contributed by atoms with van der Waals surface area (Å²) < 4.78 is 28.6. The summed E-state index contributed by atoms with van der Waals surface area (Å²) in [7, 11) is -3.33. The van der Waals surface area contributed by atoms with Crippen LogP contribution in [0.2, 0.25) is 0 Å². The molecule has 2 rings (SSSR count). The molecule has 8 heteroatoms. The third kappa shape index (κ3) is 4.53. The number of piperazine rings is 1. The van der Waals surface area contributed by atoms with E-state index in [4.69, 9.17) is 10.5 Å². The van der Waals surface area contributed by atoms with E-state index in [1.54, 1.807) is 17.0 Å². The van der Waals surface area contributed by atoms with Gasteiger partial charge in [0.25, 0.3) is 0 Å². The second-order valence-corrected chi connectivity index (χ2v) is 8.93. The highest BCUT2D eigenvalue weighted by molar-refractivity contribution is 7.90. The van der Waals surface area contributed by atoms with E-state index < -0.39 is 15.4 Å². The van der Waals surface area contributed by atoms with E-state index in [2.05, 4.69) is 4.90 Å². The molecule has 1 aromatic carbocycles. The minimum absolute atomic E-state index is 0.138. The van der Waals surface area contributed by atoms with Crippen LogP contribution in [-0.2, 0) is 14.6 Å². The third-order valence-electron chi connectivity index (χ3n) is 3.69. The molecule has 1 amide bonds. The number of rotatable bonds is 2. The summed E-state index contributed by atoms with van der Waals surface area (Å²) in [5.41, 5.74) is 6.45. The van der Waals surface area contributed by atoms with Crippen LogP contribution in [0.25, 0.3) is 0 Å². The third-order valence-corrected chi connectivity index (χ3v) is 4.86. The Morgan fingerprint density at radius 3 is 2.21 bits per heavy atom.